The van der Waals surface area contributed by atoms with Crippen molar-refractivity contribution in [2.24, 2.45) is 11.8 Å². The van der Waals surface area contributed by atoms with E-state index in [1.807, 2.05) is 0 Å². The minimum Gasteiger partial charge on any atom is -0.303 e. The van der Waals surface area contributed by atoms with Gasteiger partial charge in [-0.3, -0.25) is 0 Å². The molecule has 0 heterocycles. The molecule has 0 aliphatic carbocycles. The van der Waals surface area contributed by atoms with Gasteiger partial charge in [0, 0.05) is 13.1 Å². The van der Waals surface area contributed by atoms with Crippen LogP contribution < -0.4 is 0 Å². The molecule has 0 N–H and O–H groups in total. The lowest BCUT2D eigenvalue weighted by molar-refractivity contribution is 0.215. The summed E-state index contributed by atoms with van der Waals surface area (Å²) in [6, 6.07) is 0. The fraction of sp³-hybridized carbons (Fsp3) is 1.00. The molecule has 2 atom stereocenters. The van der Waals surface area contributed by atoms with E-state index in [2.05, 4.69) is 45.2 Å². The molecular weight excluding hydrogens is 190 g/mol. The summed E-state index contributed by atoms with van der Waals surface area (Å²) in [4.78, 5) is 2.57. The minimum atomic E-state index is 0.766. The van der Waals surface area contributed by atoms with E-state index in [4.69, 9.17) is 0 Å². The Morgan fingerprint density at radius 1 is 1.07 bits per heavy atom. The Balaban J connectivity index is 3.88. The first-order valence-corrected chi connectivity index (χ1v) is 6.64. The lowest BCUT2D eigenvalue weighted by Crippen LogP contribution is -2.33. The van der Waals surface area contributed by atoms with Crippen LogP contribution in [-0.2, 0) is 0 Å². The van der Waals surface area contributed by atoms with E-state index in [-0.39, 0.29) is 0 Å². The summed E-state index contributed by atoms with van der Waals surface area (Å²) in [5.41, 5.74) is 0. The fourth-order valence-corrected chi connectivity index (χ4v) is 1.96. The van der Waals surface area contributed by atoms with Crippen LogP contribution >= 0.6 is 12.6 Å². The summed E-state index contributed by atoms with van der Waals surface area (Å²) in [6.45, 7) is 12.8. The second kappa shape index (κ2) is 8.60. The third-order valence-corrected chi connectivity index (χ3v) is 3.58. The van der Waals surface area contributed by atoms with Crippen molar-refractivity contribution in [2.45, 2.75) is 40.5 Å². The highest BCUT2D eigenvalue weighted by Gasteiger charge is 2.11. The molecule has 0 radical (unpaired) electrons. The van der Waals surface area contributed by atoms with Crippen LogP contribution in [0.4, 0.5) is 0 Å². The molecule has 0 amide bonds. The van der Waals surface area contributed by atoms with Crippen LogP contribution in [-0.4, -0.2) is 30.3 Å². The van der Waals surface area contributed by atoms with Crippen molar-refractivity contribution in [3.05, 3.63) is 0 Å². The summed E-state index contributed by atoms with van der Waals surface area (Å²) in [5, 5.41) is 0. The van der Waals surface area contributed by atoms with Crippen molar-refractivity contribution in [2.75, 3.05) is 25.4 Å². The second-order valence-electron chi connectivity index (χ2n) is 4.32. The van der Waals surface area contributed by atoms with Gasteiger partial charge in [-0.2, -0.15) is 12.6 Å². The lowest BCUT2D eigenvalue weighted by Gasteiger charge is -2.27. The predicted octanol–water partition coefficient (Wildman–Crippen LogP) is 3.31. The van der Waals surface area contributed by atoms with Crippen LogP contribution in [0.2, 0.25) is 0 Å². The molecule has 1 nitrogen and oxygen atoms in total. The molecule has 0 saturated heterocycles. The maximum Gasteiger partial charge on any atom is 0.00173 e. The van der Waals surface area contributed by atoms with E-state index in [9.17, 15) is 0 Å². The number of hydrogen-bond acceptors (Lipinski definition) is 2. The Labute approximate surface area is 95.7 Å². The smallest absolute Gasteiger partial charge is 0.00173 e. The van der Waals surface area contributed by atoms with Crippen LogP contribution in [0.15, 0.2) is 0 Å². The minimum absolute atomic E-state index is 0.766. The number of nitrogens with zero attached hydrogens (tertiary/aromatic N) is 1. The normalized spacial score (nSPS) is 15.9. The maximum atomic E-state index is 4.40. The second-order valence-corrected chi connectivity index (χ2v) is 4.69. The Morgan fingerprint density at radius 2 is 1.71 bits per heavy atom. The molecule has 0 rings (SSSR count). The number of hydrogen-bond donors (Lipinski definition) is 1. The fourth-order valence-electron chi connectivity index (χ4n) is 1.58. The summed E-state index contributed by atoms with van der Waals surface area (Å²) >= 11 is 4.40. The number of thiol groups is 1. The molecule has 2 heteroatoms. The van der Waals surface area contributed by atoms with Crippen molar-refractivity contribution >= 4 is 12.6 Å². The van der Waals surface area contributed by atoms with E-state index in [0.717, 1.165) is 17.6 Å². The third kappa shape index (κ3) is 5.92. The van der Waals surface area contributed by atoms with Gasteiger partial charge >= 0.3 is 0 Å². The van der Waals surface area contributed by atoms with Gasteiger partial charge in [-0.25, -0.2) is 0 Å². The first-order chi connectivity index (χ1) is 6.67. The van der Waals surface area contributed by atoms with Gasteiger partial charge in [0.1, 0.15) is 0 Å². The average Bonchev–Trinajstić information content (AvgIpc) is 2.23. The lowest BCUT2D eigenvalue weighted by atomic mass is 10.1. The molecular formula is C12H27NS. The van der Waals surface area contributed by atoms with Crippen LogP contribution in [0, 0.1) is 11.8 Å². The summed E-state index contributed by atoms with van der Waals surface area (Å²) in [6.07, 6.45) is 2.54. The Hall–Kier alpha value is 0.310. The highest BCUT2D eigenvalue weighted by molar-refractivity contribution is 7.80. The highest BCUT2D eigenvalue weighted by Crippen LogP contribution is 2.10. The summed E-state index contributed by atoms with van der Waals surface area (Å²) in [5.74, 6) is 2.61. The molecule has 0 aromatic rings. The van der Waals surface area contributed by atoms with E-state index < -0.39 is 0 Å². The summed E-state index contributed by atoms with van der Waals surface area (Å²) < 4.78 is 0. The highest BCUT2D eigenvalue weighted by atomic mass is 32.1. The van der Waals surface area contributed by atoms with Crippen molar-refractivity contribution in [1.29, 1.82) is 0 Å². The molecule has 0 aliphatic rings. The van der Waals surface area contributed by atoms with Crippen LogP contribution in [0.3, 0.4) is 0 Å². The van der Waals surface area contributed by atoms with Crippen molar-refractivity contribution in [3.8, 4) is 0 Å². The first-order valence-electron chi connectivity index (χ1n) is 6.00. The summed E-state index contributed by atoms with van der Waals surface area (Å²) in [7, 11) is 0. The van der Waals surface area contributed by atoms with Gasteiger partial charge in [0.2, 0.25) is 0 Å². The van der Waals surface area contributed by atoms with E-state index >= 15 is 0 Å². The van der Waals surface area contributed by atoms with Crippen molar-refractivity contribution in [3.63, 3.8) is 0 Å². The zero-order chi connectivity index (χ0) is 11.0. The Morgan fingerprint density at radius 3 is 2.07 bits per heavy atom. The molecule has 0 fully saturated rings. The van der Waals surface area contributed by atoms with E-state index in [1.54, 1.807) is 0 Å². The topological polar surface area (TPSA) is 3.24 Å². The van der Waals surface area contributed by atoms with Crippen LogP contribution in [0.25, 0.3) is 0 Å². The molecule has 14 heavy (non-hydrogen) atoms. The average molecular weight is 217 g/mol. The number of rotatable bonds is 8. The standard InChI is InChI=1S/C12H27NS/c1-5-11(4)8-13(7-3)9-12(6-2)10-14/h11-12,14H,5-10H2,1-4H3. The molecule has 0 aromatic heterocycles. The van der Waals surface area contributed by atoms with Crippen LogP contribution in [0.5, 0.6) is 0 Å². The molecule has 0 aromatic carbocycles. The van der Waals surface area contributed by atoms with Gasteiger partial charge in [-0.1, -0.05) is 40.5 Å². The van der Waals surface area contributed by atoms with Gasteiger partial charge in [0.15, 0.2) is 0 Å². The molecule has 0 bridgehead atoms. The molecule has 2 unspecified atom stereocenters. The zero-order valence-corrected chi connectivity index (χ0v) is 11.2. The van der Waals surface area contributed by atoms with Gasteiger partial charge in [-0.05, 0) is 24.1 Å². The predicted molar refractivity (Wildman–Crippen MR) is 69.2 cm³/mol. The largest absolute Gasteiger partial charge is 0.303 e. The Bertz CT molecular complexity index is 123. The van der Waals surface area contributed by atoms with Crippen molar-refractivity contribution < 1.29 is 0 Å². The Kier molecular flexibility index (Phi) is 8.80. The van der Waals surface area contributed by atoms with E-state index in [0.29, 0.717) is 0 Å². The van der Waals surface area contributed by atoms with Crippen molar-refractivity contribution in [1.82, 2.24) is 4.90 Å². The quantitative estimate of drug-likeness (QED) is 0.611. The third-order valence-electron chi connectivity index (χ3n) is 3.07. The monoisotopic (exact) mass is 217 g/mol. The zero-order valence-electron chi connectivity index (χ0n) is 10.3. The van der Waals surface area contributed by atoms with E-state index in [1.165, 1.54) is 32.5 Å². The molecule has 86 valence electrons. The molecule has 0 aliphatic heterocycles. The van der Waals surface area contributed by atoms with Crippen LogP contribution in [0.1, 0.15) is 40.5 Å². The van der Waals surface area contributed by atoms with Gasteiger partial charge in [0.25, 0.3) is 0 Å². The van der Waals surface area contributed by atoms with Gasteiger partial charge in [0.05, 0.1) is 0 Å². The molecule has 0 spiro atoms. The van der Waals surface area contributed by atoms with Gasteiger partial charge < -0.3 is 4.90 Å². The van der Waals surface area contributed by atoms with Gasteiger partial charge in [-0.15, -0.1) is 0 Å². The molecule has 0 saturated carbocycles. The SMILES string of the molecule is CCC(C)CN(CC)CC(CC)CS. The maximum absolute atomic E-state index is 4.40. The first kappa shape index (κ1) is 14.3.